The molecule has 0 radical (unpaired) electrons. The van der Waals surface area contributed by atoms with Gasteiger partial charge in [0.2, 0.25) is 0 Å². The van der Waals surface area contributed by atoms with Crippen LogP contribution in [0.4, 0.5) is 5.69 Å². The van der Waals surface area contributed by atoms with Crippen molar-refractivity contribution >= 4 is 33.6 Å². The van der Waals surface area contributed by atoms with Gasteiger partial charge in [-0.1, -0.05) is 0 Å². The van der Waals surface area contributed by atoms with Crippen molar-refractivity contribution in [1.29, 1.82) is 5.26 Å². The Kier molecular flexibility index (Phi) is 7.26. The van der Waals surface area contributed by atoms with Gasteiger partial charge < -0.3 is 19.5 Å². The summed E-state index contributed by atoms with van der Waals surface area (Å²) in [6.45, 7) is 2.36. The Morgan fingerprint density at radius 2 is 1.93 bits per heavy atom. The lowest BCUT2D eigenvalue weighted by atomic mass is 10.1. The summed E-state index contributed by atoms with van der Waals surface area (Å²) in [6, 6.07) is 12.2. The van der Waals surface area contributed by atoms with Crippen LogP contribution in [0.5, 0.6) is 17.2 Å². The van der Waals surface area contributed by atoms with Crippen LogP contribution in [-0.2, 0) is 4.79 Å². The number of nitrogens with one attached hydrogen (secondary N) is 1. The average Bonchev–Trinajstić information content (AvgIpc) is 2.68. The SMILES string of the molecule is CCOc1c(Br)cc(C=C(C#N)C(=O)Nc2ccc(OC)cc2)cc1OC. The summed E-state index contributed by atoms with van der Waals surface area (Å²) in [4.78, 5) is 12.4. The molecular formula is C20H19BrN2O4. The lowest BCUT2D eigenvalue weighted by molar-refractivity contribution is -0.112. The fourth-order valence-corrected chi connectivity index (χ4v) is 2.87. The van der Waals surface area contributed by atoms with E-state index in [1.54, 1.807) is 43.5 Å². The quantitative estimate of drug-likeness (QED) is 0.519. The van der Waals surface area contributed by atoms with E-state index in [1.165, 1.54) is 13.2 Å². The third kappa shape index (κ3) is 5.25. The number of halogens is 1. The Balaban J connectivity index is 2.27. The molecule has 0 heterocycles. The van der Waals surface area contributed by atoms with Crippen molar-refractivity contribution in [1.82, 2.24) is 0 Å². The van der Waals surface area contributed by atoms with Crippen molar-refractivity contribution in [3.63, 3.8) is 0 Å². The molecule has 0 atom stereocenters. The molecule has 2 aromatic carbocycles. The van der Waals surface area contributed by atoms with Crippen LogP contribution < -0.4 is 19.5 Å². The fraction of sp³-hybridized carbons (Fsp3) is 0.200. The van der Waals surface area contributed by atoms with E-state index in [4.69, 9.17) is 14.2 Å². The van der Waals surface area contributed by atoms with E-state index in [0.717, 1.165) is 0 Å². The Morgan fingerprint density at radius 1 is 1.22 bits per heavy atom. The third-order valence-electron chi connectivity index (χ3n) is 3.56. The maximum Gasteiger partial charge on any atom is 0.266 e. The molecule has 0 aliphatic carbocycles. The number of anilines is 1. The number of benzene rings is 2. The van der Waals surface area contributed by atoms with E-state index in [1.807, 2.05) is 13.0 Å². The zero-order chi connectivity index (χ0) is 19.8. The van der Waals surface area contributed by atoms with E-state index in [-0.39, 0.29) is 5.57 Å². The van der Waals surface area contributed by atoms with Crippen molar-refractivity contribution in [2.45, 2.75) is 6.92 Å². The lowest BCUT2D eigenvalue weighted by Gasteiger charge is -2.12. The molecular weight excluding hydrogens is 412 g/mol. The normalized spacial score (nSPS) is 10.7. The number of amides is 1. The minimum absolute atomic E-state index is 0.0380. The van der Waals surface area contributed by atoms with Gasteiger partial charge in [0.1, 0.15) is 17.4 Å². The minimum Gasteiger partial charge on any atom is -0.497 e. The summed E-state index contributed by atoms with van der Waals surface area (Å²) >= 11 is 3.43. The Morgan fingerprint density at radius 3 is 2.48 bits per heavy atom. The second-order valence-corrected chi connectivity index (χ2v) is 6.17. The van der Waals surface area contributed by atoms with E-state index in [2.05, 4.69) is 21.2 Å². The highest BCUT2D eigenvalue weighted by molar-refractivity contribution is 9.10. The van der Waals surface area contributed by atoms with Crippen LogP contribution in [0.1, 0.15) is 12.5 Å². The van der Waals surface area contributed by atoms with Gasteiger partial charge in [0.15, 0.2) is 11.5 Å². The summed E-state index contributed by atoms with van der Waals surface area (Å²) < 4.78 is 16.6. The molecule has 6 nitrogen and oxygen atoms in total. The summed E-state index contributed by atoms with van der Waals surface area (Å²) in [5.74, 6) is 1.24. The number of carbonyl (C=O) groups is 1. The van der Waals surface area contributed by atoms with Crippen LogP contribution in [0.15, 0.2) is 46.4 Å². The van der Waals surface area contributed by atoms with Gasteiger partial charge in [0.25, 0.3) is 5.91 Å². The van der Waals surface area contributed by atoms with Crippen LogP contribution in [0.3, 0.4) is 0 Å². The van der Waals surface area contributed by atoms with Gasteiger partial charge in [0, 0.05) is 5.69 Å². The number of ether oxygens (including phenoxy) is 3. The largest absolute Gasteiger partial charge is 0.497 e. The van der Waals surface area contributed by atoms with E-state index in [0.29, 0.717) is 39.6 Å². The average molecular weight is 431 g/mol. The van der Waals surface area contributed by atoms with Gasteiger partial charge >= 0.3 is 0 Å². The molecule has 0 bridgehead atoms. The summed E-state index contributed by atoms with van der Waals surface area (Å²) in [5, 5.41) is 12.1. The first kappa shape index (κ1) is 20.3. The fourth-order valence-electron chi connectivity index (χ4n) is 2.30. The number of methoxy groups -OCH3 is 2. The Hall–Kier alpha value is -2.98. The second-order valence-electron chi connectivity index (χ2n) is 5.32. The maximum absolute atomic E-state index is 12.4. The highest BCUT2D eigenvalue weighted by Gasteiger charge is 2.14. The number of nitrogens with zero attached hydrogens (tertiary/aromatic N) is 1. The minimum atomic E-state index is -0.508. The number of carbonyl (C=O) groups excluding carboxylic acids is 1. The summed E-state index contributed by atoms with van der Waals surface area (Å²) in [6.07, 6.45) is 1.49. The smallest absolute Gasteiger partial charge is 0.266 e. The predicted octanol–water partition coefficient (Wildman–Crippen LogP) is 4.41. The topological polar surface area (TPSA) is 80.6 Å². The molecule has 0 aromatic heterocycles. The molecule has 0 fully saturated rings. The Bertz CT molecular complexity index is 886. The van der Waals surface area contributed by atoms with Gasteiger partial charge in [-0.2, -0.15) is 5.26 Å². The molecule has 0 aliphatic heterocycles. The van der Waals surface area contributed by atoms with Crippen molar-refractivity contribution < 1.29 is 19.0 Å². The molecule has 0 spiro atoms. The van der Waals surface area contributed by atoms with E-state index < -0.39 is 5.91 Å². The van der Waals surface area contributed by atoms with Crippen LogP contribution in [0, 0.1) is 11.3 Å². The van der Waals surface area contributed by atoms with Crippen LogP contribution in [0.25, 0.3) is 6.08 Å². The molecule has 0 saturated carbocycles. The van der Waals surface area contributed by atoms with Gasteiger partial charge in [-0.05, 0) is 70.9 Å². The molecule has 2 aromatic rings. The molecule has 2 rings (SSSR count). The lowest BCUT2D eigenvalue weighted by Crippen LogP contribution is -2.13. The van der Waals surface area contributed by atoms with E-state index in [9.17, 15) is 10.1 Å². The van der Waals surface area contributed by atoms with Crippen LogP contribution in [-0.4, -0.2) is 26.7 Å². The maximum atomic E-state index is 12.4. The van der Waals surface area contributed by atoms with Gasteiger partial charge in [-0.25, -0.2) is 0 Å². The zero-order valence-electron chi connectivity index (χ0n) is 15.2. The molecule has 0 saturated heterocycles. The first-order chi connectivity index (χ1) is 13.0. The summed E-state index contributed by atoms with van der Waals surface area (Å²) in [7, 11) is 3.09. The molecule has 140 valence electrons. The molecule has 0 unspecified atom stereocenters. The highest BCUT2D eigenvalue weighted by atomic mass is 79.9. The third-order valence-corrected chi connectivity index (χ3v) is 4.15. The second kappa shape index (κ2) is 9.64. The van der Waals surface area contributed by atoms with Crippen molar-refractivity contribution in [2.24, 2.45) is 0 Å². The molecule has 1 N–H and O–H groups in total. The highest BCUT2D eigenvalue weighted by Crippen LogP contribution is 2.37. The van der Waals surface area contributed by atoms with Crippen molar-refractivity contribution in [2.75, 3.05) is 26.1 Å². The first-order valence-corrected chi connectivity index (χ1v) is 8.89. The summed E-state index contributed by atoms with van der Waals surface area (Å²) in [5.41, 5.74) is 1.15. The standard InChI is InChI=1S/C20H19BrN2O4/c1-4-27-19-17(21)10-13(11-18(19)26-3)9-14(12-22)20(24)23-15-5-7-16(25-2)8-6-15/h5-11H,4H2,1-3H3,(H,23,24). The number of hydrogen-bond acceptors (Lipinski definition) is 5. The van der Waals surface area contributed by atoms with Gasteiger partial charge in [-0.3, -0.25) is 4.79 Å². The van der Waals surface area contributed by atoms with E-state index >= 15 is 0 Å². The van der Waals surface area contributed by atoms with Crippen molar-refractivity contribution in [3.8, 4) is 23.3 Å². The van der Waals surface area contributed by atoms with Gasteiger partial charge in [-0.15, -0.1) is 0 Å². The first-order valence-electron chi connectivity index (χ1n) is 8.09. The Labute approximate surface area is 166 Å². The number of rotatable bonds is 7. The molecule has 1 amide bonds. The molecule has 0 aliphatic rings. The van der Waals surface area contributed by atoms with Crippen LogP contribution >= 0.6 is 15.9 Å². The molecule has 27 heavy (non-hydrogen) atoms. The van der Waals surface area contributed by atoms with Gasteiger partial charge in [0.05, 0.1) is 25.3 Å². The van der Waals surface area contributed by atoms with Crippen molar-refractivity contribution in [3.05, 3.63) is 52.0 Å². The van der Waals surface area contributed by atoms with Crippen LogP contribution in [0.2, 0.25) is 0 Å². The zero-order valence-corrected chi connectivity index (χ0v) is 16.8. The monoisotopic (exact) mass is 430 g/mol. The number of hydrogen-bond donors (Lipinski definition) is 1. The predicted molar refractivity (Wildman–Crippen MR) is 107 cm³/mol. The molecule has 7 heteroatoms. The number of nitriles is 1.